The van der Waals surface area contributed by atoms with Crippen LogP contribution in [0.3, 0.4) is 0 Å². The van der Waals surface area contributed by atoms with Gasteiger partial charge in [0.05, 0.1) is 51.2 Å². The van der Waals surface area contributed by atoms with E-state index >= 15 is 0 Å². The van der Waals surface area contributed by atoms with Gasteiger partial charge in [0.2, 0.25) is 0 Å². The Bertz CT molecular complexity index is 1300. The van der Waals surface area contributed by atoms with Gasteiger partial charge in [0, 0.05) is 6.54 Å². The van der Waals surface area contributed by atoms with Gasteiger partial charge in [-0.05, 0) is 28.7 Å². The summed E-state index contributed by atoms with van der Waals surface area (Å²) in [5, 5.41) is 0. The van der Waals surface area contributed by atoms with Crippen LogP contribution < -0.4 is 0 Å². The minimum atomic E-state index is -0.150. The molecule has 2 fully saturated rings. The van der Waals surface area contributed by atoms with Gasteiger partial charge in [-0.1, -0.05) is 121 Å². The van der Waals surface area contributed by atoms with Crippen molar-refractivity contribution in [2.75, 3.05) is 13.2 Å². The smallest absolute Gasteiger partial charge is 0.104 e. The van der Waals surface area contributed by atoms with Crippen molar-refractivity contribution >= 4 is 0 Å². The number of hydrogen-bond acceptors (Lipinski definition) is 5. The zero-order valence-corrected chi connectivity index (χ0v) is 23.5. The molecule has 4 aromatic rings. The van der Waals surface area contributed by atoms with Crippen LogP contribution in [0.4, 0.5) is 0 Å². The second kappa shape index (κ2) is 14.0. The molecule has 41 heavy (non-hydrogen) atoms. The molecule has 5 atom stereocenters. The summed E-state index contributed by atoms with van der Waals surface area (Å²) in [4.78, 5) is 2.53. The van der Waals surface area contributed by atoms with E-state index in [9.17, 15) is 0 Å². The molecule has 0 N–H and O–H groups in total. The summed E-state index contributed by atoms with van der Waals surface area (Å²) in [6, 6.07) is 41.7. The first-order valence-corrected chi connectivity index (χ1v) is 14.7. The van der Waals surface area contributed by atoms with Gasteiger partial charge in [0.1, 0.15) is 12.2 Å². The molecule has 0 spiro atoms. The topological polar surface area (TPSA) is 40.2 Å². The van der Waals surface area contributed by atoms with Gasteiger partial charge in [0.25, 0.3) is 0 Å². The lowest BCUT2D eigenvalue weighted by atomic mass is 10.0. The molecule has 5 heteroatoms. The second-order valence-corrected chi connectivity index (χ2v) is 10.9. The van der Waals surface area contributed by atoms with Crippen molar-refractivity contribution < 1.29 is 18.9 Å². The molecule has 6 rings (SSSR count). The summed E-state index contributed by atoms with van der Waals surface area (Å²) in [6.45, 7) is 3.73. The van der Waals surface area contributed by atoms with E-state index in [0.717, 1.165) is 24.1 Å². The molecule has 0 amide bonds. The minimum absolute atomic E-state index is 0.0536. The van der Waals surface area contributed by atoms with Gasteiger partial charge in [0.15, 0.2) is 0 Å². The van der Waals surface area contributed by atoms with Crippen LogP contribution in [0.25, 0.3) is 0 Å². The summed E-state index contributed by atoms with van der Waals surface area (Å²) in [6.07, 6.45) is 0.719. The van der Waals surface area contributed by atoms with E-state index in [0.29, 0.717) is 33.0 Å². The Hall–Kier alpha value is -3.32. The Balaban J connectivity index is 1.23. The maximum atomic E-state index is 6.78. The summed E-state index contributed by atoms with van der Waals surface area (Å²) in [5.74, 6) is 0. The first kappa shape index (κ1) is 27.8. The van der Waals surface area contributed by atoms with Crippen LogP contribution in [0.1, 0.15) is 28.7 Å². The highest BCUT2D eigenvalue weighted by atomic mass is 16.6. The van der Waals surface area contributed by atoms with Gasteiger partial charge in [-0.2, -0.15) is 0 Å². The third-order valence-electron chi connectivity index (χ3n) is 8.18. The molecule has 2 saturated heterocycles. The fourth-order valence-electron chi connectivity index (χ4n) is 6.15. The van der Waals surface area contributed by atoms with Crippen LogP contribution in [0.15, 0.2) is 121 Å². The van der Waals surface area contributed by atoms with Crippen molar-refractivity contribution in [3.8, 4) is 0 Å². The van der Waals surface area contributed by atoms with E-state index < -0.39 is 0 Å². The van der Waals surface area contributed by atoms with Crippen molar-refractivity contribution in [2.24, 2.45) is 0 Å². The van der Waals surface area contributed by atoms with Gasteiger partial charge in [-0.15, -0.1) is 0 Å². The van der Waals surface area contributed by atoms with Crippen molar-refractivity contribution in [3.05, 3.63) is 144 Å². The number of hydrogen-bond donors (Lipinski definition) is 0. The molecule has 0 aromatic heterocycles. The SMILES string of the molecule is c1ccc(COC[C@@H]2[C@@H](OCc3ccccc3)[C@H](OCc3ccccc3)[C@H]3[C@@H](OCc4ccccc4)CCN32)cc1. The van der Waals surface area contributed by atoms with Crippen molar-refractivity contribution in [1.29, 1.82) is 0 Å². The Morgan fingerprint density at radius 2 is 0.951 bits per heavy atom. The summed E-state index contributed by atoms with van der Waals surface area (Å²) >= 11 is 0. The van der Waals surface area contributed by atoms with Crippen LogP contribution in [-0.4, -0.2) is 48.4 Å². The Labute approximate surface area is 243 Å². The number of rotatable bonds is 13. The predicted molar refractivity (Wildman–Crippen MR) is 160 cm³/mol. The average Bonchev–Trinajstić information content (AvgIpc) is 3.58. The molecular weight excluding hydrogens is 510 g/mol. The maximum absolute atomic E-state index is 6.78. The van der Waals surface area contributed by atoms with Gasteiger partial charge in [-0.25, -0.2) is 0 Å². The quantitative estimate of drug-likeness (QED) is 0.193. The second-order valence-electron chi connectivity index (χ2n) is 10.9. The third-order valence-corrected chi connectivity index (χ3v) is 8.18. The van der Waals surface area contributed by atoms with Gasteiger partial charge in [-0.3, -0.25) is 4.90 Å². The normalized spacial score (nSPS) is 24.0. The molecule has 5 nitrogen and oxygen atoms in total. The van der Waals surface area contributed by atoms with E-state index in [-0.39, 0.29) is 30.4 Å². The zero-order valence-electron chi connectivity index (χ0n) is 23.5. The van der Waals surface area contributed by atoms with Crippen LogP contribution in [0, 0.1) is 0 Å². The van der Waals surface area contributed by atoms with E-state index in [1.165, 1.54) is 11.1 Å². The summed E-state index contributed by atoms with van der Waals surface area (Å²) in [5.41, 5.74) is 4.67. The zero-order chi connectivity index (χ0) is 27.7. The average molecular weight is 550 g/mol. The van der Waals surface area contributed by atoms with Crippen LogP contribution in [0.5, 0.6) is 0 Å². The van der Waals surface area contributed by atoms with Crippen LogP contribution >= 0.6 is 0 Å². The van der Waals surface area contributed by atoms with Crippen LogP contribution in [-0.2, 0) is 45.4 Å². The molecule has 0 bridgehead atoms. The number of fused-ring (bicyclic) bond motifs is 1. The van der Waals surface area contributed by atoms with Crippen molar-refractivity contribution in [1.82, 2.24) is 4.90 Å². The molecule has 2 heterocycles. The fourth-order valence-corrected chi connectivity index (χ4v) is 6.15. The largest absolute Gasteiger partial charge is 0.375 e. The number of ether oxygens (including phenoxy) is 4. The lowest BCUT2D eigenvalue weighted by molar-refractivity contribution is -0.101. The first-order valence-electron chi connectivity index (χ1n) is 14.7. The molecule has 0 unspecified atom stereocenters. The Morgan fingerprint density at radius 1 is 0.512 bits per heavy atom. The van der Waals surface area contributed by atoms with Crippen LogP contribution in [0.2, 0.25) is 0 Å². The van der Waals surface area contributed by atoms with Gasteiger partial charge >= 0.3 is 0 Å². The lowest BCUT2D eigenvalue weighted by Crippen LogP contribution is -2.42. The molecule has 212 valence electrons. The number of benzene rings is 4. The standard InChI is InChI=1S/C36H39NO4/c1-5-13-28(14-6-1)23-38-27-32-35(40-25-30-17-9-3-10-18-30)36(41-26-31-19-11-4-12-20-31)34-33(21-22-37(32)34)39-24-29-15-7-2-8-16-29/h1-20,32-36H,21-27H2/t32-,33+,34-,35-,36-/m1/s1. The van der Waals surface area contributed by atoms with E-state index in [2.05, 4.69) is 102 Å². The fraction of sp³-hybridized carbons (Fsp3) is 0.333. The highest BCUT2D eigenvalue weighted by molar-refractivity contribution is 5.18. The monoisotopic (exact) mass is 549 g/mol. The maximum Gasteiger partial charge on any atom is 0.104 e. The minimum Gasteiger partial charge on any atom is -0.375 e. The predicted octanol–water partition coefficient (Wildman–Crippen LogP) is 6.42. The highest BCUT2D eigenvalue weighted by Crippen LogP contribution is 2.39. The molecule has 0 radical (unpaired) electrons. The van der Waals surface area contributed by atoms with E-state index in [1.807, 2.05) is 24.3 Å². The molecule has 2 aliphatic rings. The lowest BCUT2D eigenvalue weighted by Gasteiger charge is -2.29. The molecular formula is C36H39NO4. The first-order chi connectivity index (χ1) is 20.3. The molecule has 2 aliphatic heterocycles. The molecule has 0 saturated carbocycles. The summed E-state index contributed by atoms with van der Waals surface area (Å²) in [7, 11) is 0. The van der Waals surface area contributed by atoms with Crippen molar-refractivity contribution in [2.45, 2.75) is 63.2 Å². The van der Waals surface area contributed by atoms with Crippen molar-refractivity contribution in [3.63, 3.8) is 0 Å². The van der Waals surface area contributed by atoms with E-state index in [1.54, 1.807) is 0 Å². The Morgan fingerprint density at radius 3 is 1.46 bits per heavy atom. The third kappa shape index (κ3) is 7.13. The van der Waals surface area contributed by atoms with E-state index in [4.69, 9.17) is 18.9 Å². The summed E-state index contributed by atoms with van der Waals surface area (Å²) < 4.78 is 26.5. The Kier molecular flexibility index (Phi) is 9.53. The van der Waals surface area contributed by atoms with Gasteiger partial charge < -0.3 is 18.9 Å². The molecule has 4 aromatic carbocycles. The molecule has 0 aliphatic carbocycles. The number of nitrogens with zero attached hydrogens (tertiary/aromatic N) is 1. The highest BCUT2D eigenvalue weighted by Gasteiger charge is 2.56.